The van der Waals surface area contributed by atoms with Gasteiger partial charge in [-0.15, -0.1) is 0 Å². The largest absolute Gasteiger partial charge is 0.377 e. The SMILES string of the molecule is COCc1cc(-c2nc3c(Cl)cccc3[nH]2)no1. The van der Waals surface area contributed by atoms with Gasteiger partial charge in [0.05, 0.1) is 10.5 Å². The molecule has 0 bridgehead atoms. The fraction of sp³-hybridized carbons (Fsp3) is 0.167. The van der Waals surface area contributed by atoms with Crippen molar-refractivity contribution in [2.45, 2.75) is 6.61 Å². The number of halogens is 1. The molecule has 2 aromatic heterocycles. The molecule has 2 heterocycles. The summed E-state index contributed by atoms with van der Waals surface area (Å²) < 4.78 is 10.1. The molecule has 0 spiro atoms. The maximum atomic E-state index is 6.07. The first-order valence-corrected chi connectivity index (χ1v) is 5.75. The minimum atomic E-state index is 0.383. The second kappa shape index (κ2) is 4.44. The number of aromatic amines is 1. The van der Waals surface area contributed by atoms with Crippen LogP contribution in [0.25, 0.3) is 22.6 Å². The summed E-state index contributed by atoms with van der Waals surface area (Å²) in [5.41, 5.74) is 2.23. The number of hydrogen-bond acceptors (Lipinski definition) is 4. The van der Waals surface area contributed by atoms with Crippen molar-refractivity contribution in [2.24, 2.45) is 0 Å². The van der Waals surface area contributed by atoms with Gasteiger partial charge in [0.1, 0.15) is 17.8 Å². The van der Waals surface area contributed by atoms with Gasteiger partial charge in [0, 0.05) is 13.2 Å². The number of ether oxygens (including phenoxy) is 1. The molecule has 3 aromatic rings. The number of hydrogen-bond donors (Lipinski definition) is 1. The Labute approximate surface area is 108 Å². The molecule has 0 aliphatic carbocycles. The van der Waals surface area contributed by atoms with Gasteiger partial charge in [-0.2, -0.15) is 0 Å². The van der Waals surface area contributed by atoms with Crippen molar-refractivity contribution in [3.05, 3.63) is 35.0 Å². The zero-order valence-electron chi connectivity index (χ0n) is 9.61. The number of para-hydroxylation sites is 1. The first-order chi connectivity index (χ1) is 8.78. The summed E-state index contributed by atoms with van der Waals surface area (Å²) >= 11 is 6.07. The number of nitrogens with zero attached hydrogens (tertiary/aromatic N) is 2. The van der Waals surface area contributed by atoms with Crippen LogP contribution in [0.15, 0.2) is 28.8 Å². The molecule has 0 saturated heterocycles. The van der Waals surface area contributed by atoms with E-state index >= 15 is 0 Å². The summed E-state index contributed by atoms with van der Waals surface area (Å²) in [4.78, 5) is 7.55. The molecule has 0 aliphatic rings. The molecule has 3 rings (SSSR count). The molecule has 5 nitrogen and oxygen atoms in total. The first-order valence-electron chi connectivity index (χ1n) is 5.37. The third kappa shape index (κ3) is 1.87. The Hall–Kier alpha value is -1.85. The van der Waals surface area contributed by atoms with E-state index in [4.69, 9.17) is 20.9 Å². The normalized spacial score (nSPS) is 11.2. The van der Waals surface area contributed by atoms with Gasteiger partial charge in [-0.3, -0.25) is 0 Å². The summed E-state index contributed by atoms with van der Waals surface area (Å²) in [6, 6.07) is 7.36. The number of nitrogens with one attached hydrogen (secondary N) is 1. The number of fused-ring (bicyclic) bond motifs is 1. The lowest BCUT2D eigenvalue weighted by molar-refractivity contribution is 0.156. The van der Waals surface area contributed by atoms with Crippen LogP contribution < -0.4 is 0 Å². The Morgan fingerprint density at radius 3 is 3.11 bits per heavy atom. The third-order valence-electron chi connectivity index (χ3n) is 2.55. The summed E-state index contributed by atoms with van der Waals surface area (Å²) in [5, 5.41) is 4.55. The lowest BCUT2D eigenvalue weighted by atomic mass is 10.3. The van der Waals surface area contributed by atoms with E-state index in [1.54, 1.807) is 19.2 Å². The number of H-pyrrole nitrogens is 1. The predicted octanol–water partition coefficient (Wildman–Crippen LogP) is 3.02. The smallest absolute Gasteiger partial charge is 0.163 e. The van der Waals surface area contributed by atoms with Gasteiger partial charge >= 0.3 is 0 Å². The lowest BCUT2D eigenvalue weighted by Crippen LogP contribution is -1.82. The molecule has 92 valence electrons. The Kier molecular flexibility index (Phi) is 2.77. The molecule has 0 saturated carbocycles. The Balaban J connectivity index is 2.05. The summed E-state index contributed by atoms with van der Waals surface area (Å²) in [5.74, 6) is 1.28. The van der Waals surface area contributed by atoms with E-state index in [9.17, 15) is 0 Å². The number of imidazole rings is 1. The highest BCUT2D eigenvalue weighted by molar-refractivity contribution is 6.34. The van der Waals surface area contributed by atoms with Gasteiger partial charge in [0.25, 0.3) is 0 Å². The molecular formula is C12H10ClN3O2. The fourth-order valence-electron chi connectivity index (χ4n) is 1.75. The molecule has 0 radical (unpaired) electrons. The van der Waals surface area contributed by atoms with Gasteiger partial charge in [-0.1, -0.05) is 22.8 Å². The molecule has 1 N–H and O–H groups in total. The monoisotopic (exact) mass is 263 g/mol. The Morgan fingerprint density at radius 2 is 2.33 bits per heavy atom. The Morgan fingerprint density at radius 1 is 1.44 bits per heavy atom. The van der Waals surface area contributed by atoms with E-state index in [0.717, 1.165) is 11.0 Å². The van der Waals surface area contributed by atoms with Crippen LogP contribution in [0.5, 0.6) is 0 Å². The number of methoxy groups -OCH3 is 1. The summed E-state index contributed by atoms with van der Waals surface area (Å²) in [6.07, 6.45) is 0. The van der Waals surface area contributed by atoms with Gasteiger partial charge in [-0.05, 0) is 12.1 Å². The molecule has 0 fully saturated rings. The number of aromatic nitrogens is 3. The van der Waals surface area contributed by atoms with Crippen LogP contribution in [0, 0.1) is 0 Å². The van der Waals surface area contributed by atoms with Crippen molar-refractivity contribution in [3.8, 4) is 11.5 Å². The van der Waals surface area contributed by atoms with Crippen LogP contribution in [0.1, 0.15) is 5.76 Å². The van der Waals surface area contributed by atoms with E-state index in [0.29, 0.717) is 28.9 Å². The van der Waals surface area contributed by atoms with Crippen molar-refractivity contribution in [1.82, 2.24) is 15.1 Å². The fourth-order valence-corrected chi connectivity index (χ4v) is 1.97. The minimum absolute atomic E-state index is 0.383. The highest BCUT2D eigenvalue weighted by Crippen LogP contribution is 2.25. The summed E-state index contributed by atoms with van der Waals surface area (Å²) in [7, 11) is 1.60. The van der Waals surface area contributed by atoms with Crippen LogP contribution in [0.4, 0.5) is 0 Å². The summed E-state index contributed by atoms with van der Waals surface area (Å²) in [6.45, 7) is 0.383. The standard InChI is InChI=1S/C12H10ClN3O2/c1-17-6-7-5-10(16-18-7)12-14-9-4-2-3-8(13)11(9)15-12/h2-5H,6H2,1H3,(H,14,15). The minimum Gasteiger partial charge on any atom is -0.377 e. The zero-order valence-corrected chi connectivity index (χ0v) is 10.4. The average Bonchev–Trinajstić information content (AvgIpc) is 2.96. The molecule has 1 aromatic carbocycles. The van der Waals surface area contributed by atoms with Crippen molar-refractivity contribution >= 4 is 22.6 Å². The van der Waals surface area contributed by atoms with Gasteiger partial charge in [0.15, 0.2) is 11.6 Å². The molecular weight excluding hydrogens is 254 g/mol. The predicted molar refractivity (Wildman–Crippen MR) is 67.3 cm³/mol. The second-order valence-electron chi connectivity index (χ2n) is 3.83. The maximum absolute atomic E-state index is 6.07. The lowest BCUT2D eigenvalue weighted by Gasteiger charge is -1.88. The van der Waals surface area contributed by atoms with E-state index in [2.05, 4.69) is 15.1 Å². The molecule has 6 heteroatoms. The number of benzene rings is 1. The van der Waals surface area contributed by atoms with Crippen LogP contribution in [-0.2, 0) is 11.3 Å². The van der Waals surface area contributed by atoms with Gasteiger partial charge in [-0.25, -0.2) is 4.98 Å². The van der Waals surface area contributed by atoms with E-state index < -0.39 is 0 Å². The highest BCUT2D eigenvalue weighted by atomic mass is 35.5. The number of rotatable bonds is 3. The van der Waals surface area contributed by atoms with Gasteiger partial charge in [0.2, 0.25) is 0 Å². The quantitative estimate of drug-likeness (QED) is 0.789. The third-order valence-corrected chi connectivity index (χ3v) is 2.86. The van der Waals surface area contributed by atoms with Crippen LogP contribution in [0.3, 0.4) is 0 Å². The van der Waals surface area contributed by atoms with Crippen molar-refractivity contribution in [1.29, 1.82) is 0 Å². The Bertz CT molecular complexity index is 690. The van der Waals surface area contributed by atoms with Crippen LogP contribution in [-0.4, -0.2) is 22.2 Å². The molecule has 0 amide bonds. The van der Waals surface area contributed by atoms with E-state index in [-0.39, 0.29) is 0 Å². The molecule has 18 heavy (non-hydrogen) atoms. The molecule has 0 unspecified atom stereocenters. The van der Waals surface area contributed by atoms with Crippen molar-refractivity contribution < 1.29 is 9.26 Å². The average molecular weight is 264 g/mol. The topological polar surface area (TPSA) is 63.9 Å². The maximum Gasteiger partial charge on any atom is 0.163 e. The van der Waals surface area contributed by atoms with Crippen LogP contribution >= 0.6 is 11.6 Å². The van der Waals surface area contributed by atoms with Crippen molar-refractivity contribution in [2.75, 3.05) is 7.11 Å². The molecule has 0 aliphatic heterocycles. The van der Waals surface area contributed by atoms with E-state index in [1.165, 1.54) is 0 Å². The van der Waals surface area contributed by atoms with Crippen molar-refractivity contribution in [3.63, 3.8) is 0 Å². The zero-order chi connectivity index (χ0) is 12.5. The highest BCUT2D eigenvalue weighted by Gasteiger charge is 2.12. The van der Waals surface area contributed by atoms with Crippen LogP contribution in [0.2, 0.25) is 5.02 Å². The van der Waals surface area contributed by atoms with E-state index in [1.807, 2.05) is 12.1 Å². The van der Waals surface area contributed by atoms with Gasteiger partial charge < -0.3 is 14.2 Å². The first kappa shape index (κ1) is 11.3. The molecule has 0 atom stereocenters. The second-order valence-corrected chi connectivity index (χ2v) is 4.24.